The van der Waals surface area contributed by atoms with Gasteiger partial charge >= 0.3 is 0 Å². The molecule has 6 heteroatoms. The lowest BCUT2D eigenvalue weighted by Gasteiger charge is -2.22. The van der Waals surface area contributed by atoms with E-state index in [1.54, 1.807) is 10.9 Å². The molecule has 128 valence electrons. The van der Waals surface area contributed by atoms with E-state index in [4.69, 9.17) is 4.74 Å². The summed E-state index contributed by atoms with van der Waals surface area (Å²) in [5, 5.41) is 7.23. The second-order valence-corrected chi connectivity index (χ2v) is 6.52. The summed E-state index contributed by atoms with van der Waals surface area (Å²) in [5.41, 5.74) is 3.01. The number of nitrogens with zero attached hydrogens (tertiary/aromatic N) is 3. The first kappa shape index (κ1) is 16.6. The highest BCUT2D eigenvalue weighted by atomic mass is 16.5. The Kier molecular flexibility index (Phi) is 4.94. The number of rotatable bonds is 4. The van der Waals surface area contributed by atoms with Crippen molar-refractivity contribution in [2.45, 2.75) is 52.2 Å². The van der Waals surface area contributed by atoms with Crippen LogP contribution in [0.2, 0.25) is 0 Å². The molecular weight excluding hydrogens is 304 g/mol. The lowest BCUT2D eigenvalue weighted by atomic mass is 10.0. The van der Waals surface area contributed by atoms with Gasteiger partial charge in [0.1, 0.15) is 6.23 Å². The summed E-state index contributed by atoms with van der Waals surface area (Å²) >= 11 is 0. The maximum absolute atomic E-state index is 12.6. The molecule has 1 fully saturated rings. The van der Waals surface area contributed by atoms with E-state index in [-0.39, 0.29) is 18.1 Å². The molecule has 0 spiro atoms. The normalized spacial score (nSPS) is 17.9. The number of amides is 1. The minimum atomic E-state index is -0.157. The molecule has 2 aromatic rings. The van der Waals surface area contributed by atoms with Gasteiger partial charge in [0.2, 0.25) is 0 Å². The fourth-order valence-electron chi connectivity index (χ4n) is 2.90. The lowest BCUT2D eigenvalue weighted by Crippen LogP contribution is -2.18. The number of ether oxygens (including phenoxy) is 1. The smallest absolute Gasteiger partial charge is 0.257 e. The van der Waals surface area contributed by atoms with Crippen molar-refractivity contribution >= 4 is 11.6 Å². The van der Waals surface area contributed by atoms with Crippen LogP contribution in [0.3, 0.4) is 0 Å². The Bertz CT molecular complexity index is 718. The molecule has 1 amide bonds. The molecule has 1 N–H and O–H groups in total. The Morgan fingerprint density at radius 1 is 1.38 bits per heavy atom. The first-order valence-electron chi connectivity index (χ1n) is 8.49. The van der Waals surface area contributed by atoms with Crippen LogP contribution in [0.1, 0.15) is 67.0 Å². The minimum absolute atomic E-state index is 0.0309. The third-order valence-electron chi connectivity index (χ3n) is 4.17. The molecule has 1 unspecified atom stereocenters. The second-order valence-electron chi connectivity index (χ2n) is 6.52. The third-order valence-corrected chi connectivity index (χ3v) is 4.17. The van der Waals surface area contributed by atoms with E-state index in [1.165, 1.54) is 0 Å². The van der Waals surface area contributed by atoms with Crippen molar-refractivity contribution in [1.29, 1.82) is 0 Å². The molecule has 2 aromatic heterocycles. The molecule has 1 aliphatic heterocycles. The summed E-state index contributed by atoms with van der Waals surface area (Å²) in [5.74, 6) is 0.0272. The first-order valence-corrected chi connectivity index (χ1v) is 8.49. The number of aromatic nitrogens is 3. The summed E-state index contributed by atoms with van der Waals surface area (Å²) in [6.07, 6.45) is 6.64. The van der Waals surface area contributed by atoms with Gasteiger partial charge in [-0.3, -0.25) is 9.78 Å². The molecule has 0 aliphatic carbocycles. The Morgan fingerprint density at radius 2 is 2.21 bits per heavy atom. The summed E-state index contributed by atoms with van der Waals surface area (Å²) in [7, 11) is 0. The van der Waals surface area contributed by atoms with Crippen LogP contribution < -0.4 is 5.32 Å². The predicted molar refractivity (Wildman–Crippen MR) is 92.1 cm³/mol. The largest absolute Gasteiger partial charge is 0.357 e. The Morgan fingerprint density at radius 3 is 2.92 bits per heavy atom. The van der Waals surface area contributed by atoms with Crippen LogP contribution in [0.25, 0.3) is 0 Å². The van der Waals surface area contributed by atoms with Crippen LogP contribution in [0.5, 0.6) is 0 Å². The molecule has 0 aromatic carbocycles. The highest BCUT2D eigenvalue weighted by molar-refractivity contribution is 6.05. The molecule has 6 nitrogen and oxygen atoms in total. The van der Waals surface area contributed by atoms with Crippen LogP contribution in [0.15, 0.2) is 24.5 Å². The first-order chi connectivity index (χ1) is 11.5. The SMILES string of the molecule is Cc1ccc(C(=O)Nc2cnn(C3CCCCO3)c2)c(C(C)C)n1. The molecule has 24 heavy (non-hydrogen) atoms. The monoisotopic (exact) mass is 328 g/mol. The Hall–Kier alpha value is -2.21. The standard InChI is InChI=1S/C18H24N4O2/c1-12(2)17-15(8-7-13(3)20-17)18(23)21-14-10-19-22(11-14)16-6-4-5-9-24-16/h7-8,10-12,16H,4-6,9H2,1-3H3,(H,21,23). The number of hydrogen-bond acceptors (Lipinski definition) is 4. The number of aryl methyl sites for hydroxylation is 1. The van der Waals surface area contributed by atoms with Gasteiger partial charge in [-0.2, -0.15) is 5.10 Å². The maximum atomic E-state index is 12.6. The zero-order chi connectivity index (χ0) is 17.1. The predicted octanol–water partition coefficient (Wildman–Crippen LogP) is 3.66. The van der Waals surface area contributed by atoms with Gasteiger partial charge in [-0.25, -0.2) is 4.68 Å². The Labute approximate surface area is 142 Å². The number of carbonyl (C=O) groups is 1. The van der Waals surface area contributed by atoms with Gasteiger partial charge in [0.15, 0.2) is 0 Å². The van der Waals surface area contributed by atoms with Gasteiger partial charge < -0.3 is 10.1 Å². The number of nitrogens with one attached hydrogen (secondary N) is 1. The van der Waals surface area contributed by atoms with Crippen LogP contribution in [0.4, 0.5) is 5.69 Å². The van der Waals surface area contributed by atoms with Crippen LogP contribution >= 0.6 is 0 Å². The number of carbonyl (C=O) groups excluding carboxylic acids is 1. The van der Waals surface area contributed by atoms with Crippen LogP contribution in [0, 0.1) is 6.92 Å². The van der Waals surface area contributed by atoms with Crippen LogP contribution in [-0.4, -0.2) is 27.3 Å². The van der Waals surface area contributed by atoms with E-state index in [2.05, 4.69) is 15.4 Å². The van der Waals surface area contributed by atoms with Gasteiger partial charge in [0.05, 0.1) is 29.3 Å². The summed E-state index contributed by atoms with van der Waals surface area (Å²) in [6, 6.07) is 3.70. The molecule has 3 rings (SSSR count). The van der Waals surface area contributed by atoms with Crippen molar-refractivity contribution in [1.82, 2.24) is 14.8 Å². The zero-order valence-electron chi connectivity index (χ0n) is 14.5. The van der Waals surface area contributed by atoms with Gasteiger partial charge in [0, 0.05) is 12.3 Å². The molecule has 0 saturated carbocycles. The fraction of sp³-hybridized carbons (Fsp3) is 0.500. The van der Waals surface area contributed by atoms with Crippen molar-refractivity contribution in [2.24, 2.45) is 0 Å². The topological polar surface area (TPSA) is 69.0 Å². The summed E-state index contributed by atoms with van der Waals surface area (Å²) < 4.78 is 7.49. The van der Waals surface area contributed by atoms with E-state index in [0.717, 1.165) is 37.3 Å². The van der Waals surface area contributed by atoms with Crippen molar-refractivity contribution in [3.8, 4) is 0 Å². The maximum Gasteiger partial charge on any atom is 0.257 e. The number of hydrogen-bond donors (Lipinski definition) is 1. The van der Waals surface area contributed by atoms with Crippen molar-refractivity contribution in [2.75, 3.05) is 11.9 Å². The Balaban J connectivity index is 1.74. The molecular formula is C18H24N4O2. The van der Waals surface area contributed by atoms with E-state index < -0.39 is 0 Å². The van der Waals surface area contributed by atoms with Gasteiger partial charge in [-0.15, -0.1) is 0 Å². The van der Waals surface area contributed by atoms with Gasteiger partial charge in [0.25, 0.3) is 5.91 Å². The highest BCUT2D eigenvalue weighted by Crippen LogP contribution is 2.23. The van der Waals surface area contributed by atoms with Crippen molar-refractivity contribution in [3.63, 3.8) is 0 Å². The van der Waals surface area contributed by atoms with E-state index >= 15 is 0 Å². The number of anilines is 1. The highest BCUT2D eigenvalue weighted by Gasteiger charge is 2.19. The third kappa shape index (κ3) is 3.64. The average molecular weight is 328 g/mol. The lowest BCUT2D eigenvalue weighted by molar-refractivity contribution is -0.0394. The second kappa shape index (κ2) is 7.13. The van der Waals surface area contributed by atoms with Gasteiger partial charge in [-0.05, 0) is 44.2 Å². The molecule has 3 heterocycles. The molecule has 1 aliphatic rings. The fourth-order valence-corrected chi connectivity index (χ4v) is 2.90. The quantitative estimate of drug-likeness (QED) is 0.930. The minimum Gasteiger partial charge on any atom is -0.357 e. The van der Waals surface area contributed by atoms with Crippen LogP contribution in [-0.2, 0) is 4.74 Å². The van der Waals surface area contributed by atoms with Gasteiger partial charge in [-0.1, -0.05) is 13.8 Å². The summed E-state index contributed by atoms with van der Waals surface area (Å²) in [6.45, 7) is 6.77. The molecule has 0 bridgehead atoms. The zero-order valence-corrected chi connectivity index (χ0v) is 14.5. The number of pyridine rings is 1. The molecule has 1 atom stereocenters. The van der Waals surface area contributed by atoms with E-state index in [9.17, 15) is 4.79 Å². The summed E-state index contributed by atoms with van der Waals surface area (Å²) in [4.78, 5) is 17.1. The molecule has 1 saturated heterocycles. The average Bonchev–Trinajstić information content (AvgIpc) is 3.04. The molecule has 0 radical (unpaired) electrons. The van der Waals surface area contributed by atoms with E-state index in [1.807, 2.05) is 39.1 Å². The van der Waals surface area contributed by atoms with E-state index in [0.29, 0.717) is 11.3 Å². The van der Waals surface area contributed by atoms with Crippen molar-refractivity contribution < 1.29 is 9.53 Å². The van der Waals surface area contributed by atoms with Crippen molar-refractivity contribution in [3.05, 3.63) is 41.5 Å².